The Labute approximate surface area is 133 Å². The van der Waals surface area contributed by atoms with Gasteiger partial charge in [-0.15, -0.1) is 0 Å². The van der Waals surface area contributed by atoms with E-state index in [-0.39, 0.29) is 5.92 Å². The van der Waals surface area contributed by atoms with Gasteiger partial charge in [0.2, 0.25) is 0 Å². The van der Waals surface area contributed by atoms with E-state index >= 15 is 0 Å². The van der Waals surface area contributed by atoms with Gasteiger partial charge in [0.05, 0.1) is 21.9 Å². The largest absolute Gasteiger partial charge is 0.393 e. The second-order valence-corrected chi connectivity index (χ2v) is 5.83. The second kappa shape index (κ2) is 5.84. The Morgan fingerprint density at radius 3 is 2.57 bits per heavy atom. The predicted octanol–water partition coefficient (Wildman–Crippen LogP) is 3.83. The molecular weight excluding hydrogens is 302 g/mol. The zero-order chi connectivity index (χ0) is 14.8. The van der Waals surface area contributed by atoms with Crippen LogP contribution in [0.25, 0.3) is 11.0 Å². The van der Waals surface area contributed by atoms with E-state index in [4.69, 9.17) is 29.6 Å². The number of thiocarbonyl (C=S) groups is 1. The number of rotatable bonds is 4. The van der Waals surface area contributed by atoms with Crippen LogP contribution in [0.2, 0.25) is 5.02 Å². The molecule has 3 N–H and O–H groups in total. The summed E-state index contributed by atoms with van der Waals surface area (Å²) in [6.07, 6.45) is 0.701. The highest BCUT2D eigenvalue weighted by Crippen LogP contribution is 2.23. The highest BCUT2D eigenvalue weighted by molar-refractivity contribution is 7.80. The Bertz CT molecular complexity index is 747. The molecule has 0 amide bonds. The summed E-state index contributed by atoms with van der Waals surface area (Å²) in [5, 5.41) is 0.717. The molecule has 1 atom stereocenters. The molecule has 3 aromatic rings. The Hall–Kier alpha value is -1.91. The van der Waals surface area contributed by atoms with Crippen LogP contribution in [0, 0.1) is 0 Å². The van der Waals surface area contributed by atoms with Gasteiger partial charge < -0.3 is 10.7 Å². The third-order valence-electron chi connectivity index (χ3n) is 3.43. The summed E-state index contributed by atoms with van der Waals surface area (Å²) < 4.78 is 0. The number of aromatic nitrogens is 2. The Balaban J connectivity index is 1.93. The summed E-state index contributed by atoms with van der Waals surface area (Å²) >= 11 is 11.1. The summed E-state index contributed by atoms with van der Waals surface area (Å²) in [5.74, 6) is 0.687. The second-order valence-electron chi connectivity index (χ2n) is 4.92. The van der Waals surface area contributed by atoms with Gasteiger partial charge in [0, 0.05) is 5.02 Å². The SMILES string of the molecule is NC(=S)[C@@H](Cc1ccc(Cl)cc1)c1nc2ccccc2[nH]1. The van der Waals surface area contributed by atoms with Gasteiger partial charge in [-0.1, -0.05) is 48.1 Å². The molecule has 0 aliphatic rings. The first kappa shape index (κ1) is 14.0. The molecule has 0 aliphatic heterocycles. The van der Waals surface area contributed by atoms with E-state index in [1.807, 2.05) is 48.5 Å². The van der Waals surface area contributed by atoms with Gasteiger partial charge in [-0.25, -0.2) is 4.98 Å². The minimum atomic E-state index is -0.117. The van der Waals surface area contributed by atoms with Crippen LogP contribution in [-0.4, -0.2) is 15.0 Å². The molecule has 0 bridgehead atoms. The third kappa shape index (κ3) is 3.06. The molecule has 0 spiro atoms. The van der Waals surface area contributed by atoms with Gasteiger partial charge in [0.1, 0.15) is 5.82 Å². The number of hydrogen-bond acceptors (Lipinski definition) is 2. The van der Waals surface area contributed by atoms with E-state index in [0.29, 0.717) is 11.4 Å². The number of halogens is 1. The highest BCUT2D eigenvalue weighted by Gasteiger charge is 2.19. The predicted molar refractivity (Wildman–Crippen MR) is 90.8 cm³/mol. The molecule has 0 unspecified atom stereocenters. The number of hydrogen-bond donors (Lipinski definition) is 2. The van der Waals surface area contributed by atoms with Gasteiger partial charge in [0.15, 0.2) is 0 Å². The average molecular weight is 316 g/mol. The molecule has 0 fully saturated rings. The molecule has 0 saturated carbocycles. The third-order valence-corrected chi connectivity index (χ3v) is 3.97. The van der Waals surface area contributed by atoms with Gasteiger partial charge in [-0.05, 0) is 36.2 Å². The maximum Gasteiger partial charge on any atom is 0.117 e. The van der Waals surface area contributed by atoms with Crippen molar-refractivity contribution in [3.8, 4) is 0 Å². The standard InChI is InChI=1S/C16H14ClN3S/c17-11-7-5-10(6-8-11)9-12(15(18)21)16-19-13-3-1-2-4-14(13)20-16/h1-8,12H,9H2,(H2,18,21)(H,19,20)/t12-/m1/s1. The molecule has 3 nitrogen and oxygen atoms in total. The maximum absolute atomic E-state index is 5.91. The summed E-state index contributed by atoms with van der Waals surface area (Å²) in [6, 6.07) is 15.6. The lowest BCUT2D eigenvalue weighted by atomic mass is 9.99. The molecule has 0 radical (unpaired) electrons. The molecular formula is C16H14ClN3S. The fraction of sp³-hybridized carbons (Fsp3) is 0.125. The van der Waals surface area contributed by atoms with Crippen LogP contribution in [0.5, 0.6) is 0 Å². The first-order chi connectivity index (χ1) is 10.1. The van der Waals surface area contributed by atoms with E-state index in [9.17, 15) is 0 Å². The van der Waals surface area contributed by atoms with Crippen molar-refractivity contribution in [1.82, 2.24) is 9.97 Å². The lowest BCUT2D eigenvalue weighted by Gasteiger charge is -2.13. The zero-order valence-electron chi connectivity index (χ0n) is 11.2. The van der Waals surface area contributed by atoms with E-state index in [0.717, 1.165) is 27.4 Å². The Morgan fingerprint density at radius 2 is 1.90 bits per heavy atom. The lowest BCUT2D eigenvalue weighted by molar-refractivity contribution is 0.821. The maximum atomic E-state index is 5.91. The fourth-order valence-electron chi connectivity index (χ4n) is 2.33. The molecule has 1 aromatic heterocycles. The van der Waals surface area contributed by atoms with Crippen LogP contribution in [0.1, 0.15) is 17.3 Å². The van der Waals surface area contributed by atoms with Crippen molar-refractivity contribution in [2.24, 2.45) is 5.73 Å². The van der Waals surface area contributed by atoms with E-state index < -0.39 is 0 Å². The average Bonchev–Trinajstić information content (AvgIpc) is 2.89. The molecule has 2 aromatic carbocycles. The van der Waals surface area contributed by atoms with Gasteiger partial charge >= 0.3 is 0 Å². The van der Waals surface area contributed by atoms with Crippen molar-refractivity contribution in [1.29, 1.82) is 0 Å². The smallest absolute Gasteiger partial charge is 0.117 e. The summed E-state index contributed by atoms with van der Waals surface area (Å²) in [6.45, 7) is 0. The number of nitrogens with zero attached hydrogens (tertiary/aromatic N) is 1. The quantitative estimate of drug-likeness (QED) is 0.719. The summed E-state index contributed by atoms with van der Waals surface area (Å²) in [4.78, 5) is 8.34. The molecule has 21 heavy (non-hydrogen) atoms. The first-order valence-corrected chi connectivity index (χ1v) is 7.40. The van der Waals surface area contributed by atoms with Crippen LogP contribution in [-0.2, 0) is 6.42 Å². The number of para-hydroxylation sites is 2. The first-order valence-electron chi connectivity index (χ1n) is 6.62. The topological polar surface area (TPSA) is 54.7 Å². The summed E-state index contributed by atoms with van der Waals surface area (Å²) in [7, 11) is 0. The number of imidazole rings is 1. The van der Waals surface area contributed by atoms with Gasteiger partial charge in [-0.3, -0.25) is 0 Å². The van der Waals surface area contributed by atoms with E-state index in [1.165, 1.54) is 0 Å². The molecule has 106 valence electrons. The zero-order valence-corrected chi connectivity index (χ0v) is 12.8. The number of aromatic amines is 1. The van der Waals surface area contributed by atoms with Crippen molar-refractivity contribution < 1.29 is 0 Å². The van der Waals surface area contributed by atoms with Gasteiger partial charge in [0.25, 0.3) is 0 Å². The number of benzene rings is 2. The molecule has 0 saturated heterocycles. The van der Waals surface area contributed by atoms with Crippen LogP contribution in [0.3, 0.4) is 0 Å². The highest BCUT2D eigenvalue weighted by atomic mass is 35.5. The van der Waals surface area contributed by atoms with Crippen molar-refractivity contribution >= 4 is 39.8 Å². The van der Waals surface area contributed by atoms with Crippen molar-refractivity contribution in [3.63, 3.8) is 0 Å². The van der Waals surface area contributed by atoms with E-state index in [2.05, 4.69) is 9.97 Å². The number of nitrogens with two attached hydrogens (primary N) is 1. The number of H-pyrrole nitrogens is 1. The number of nitrogens with one attached hydrogen (secondary N) is 1. The summed E-state index contributed by atoms with van der Waals surface area (Å²) in [5.41, 5.74) is 8.95. The monoisotopic (exact) mass is 315 g/mol. The number of fused-ring (bicyclic) bond motifs is 1. The minimum Gasteiger partial charge on any atom is -0.393 e. The normalized spacial score (nSPS) is 12.4. The van der Waals surface area contributed by atoms with Crippen LogP contribution < -0.4 is 5.73 Å². The van der Waals surface area contributed by atoms with Crippen LogP contribution in [0.4, 0.5) is 0 Å². The van der Waals surface area contributed by atoms with Crippen molar-refractivity contribution in [2.75, 3.05) is 0 Å². The minimum absolute atomic E-state index is 0.117. The van der Waals surface area contributed by atoms with Crippen LogP contribution in [0.15, 0.2) is 48.5 Å². The Morgan fingerprint density at radius 1 is 1.19 bits per heavy atom. The molecule has 3 rings (SSSR count). The van der Waals surface area contributed by atoms with Crippen LogP contribution >= 0.6 is 23.8 Å². The van der Waals surface area contributed by atoms with Crippen molar-refractivity contribution in [3.05, 3.63) is 64.9 Å². The van der Waals surface area contributed by atoms with E-state index in [1.54, 1.807) is 0 Å². The molecule has 1 heterocycles. The van der Waals surface area contributed by atoms with Gasteiger partial charge in [-0.2, -0.15) is 0 Å². The fourth-order valence-corrected chi connectivity index (χ4v) is 2.65. The molecule has 0 aliphatic carbocycles. The van der Waals surface area contributed by atoms with Crippen molar-refractivity contribution in [2.45, 2.75) is 12.3 Å². The Kier molecular flexibility index (Phi) is 3.90. The molecule has 5 heteroatoms. The lowest BCUT2D eigenvalue weighted by Crippen LogP contribution is -2.22.